The first-order chi connectivity index (χ1) is 16.4. The van der Waals surface area contributed by atoms with Crippen LogP contribution in [0.15, 0.2) is 71.6 Å². The Balaban J connectivity index is 1.57. The molecule has 172 valence electrons. The third kappa shape index (κ3) is 5.06. The number of amides is 1. The van der Waals surface area contributed by atoms with Crippen molar-refractivity contribution in [3.63, 3.8) is 0 Å². The van der Waals surface area contributed by atoms with Gasteiger partial charge < -0.3 is 9.47 Å². The molecule has 0 aliphatic carbocycles. The van der Waals surface area contributed by atoms with Crippen LogP contribution in [-0.2, 0) is 11.4 Å². The highest BCUT2D eigenvalue weighted by molar-refractivity contribution is 8.27. The lowest BCUT2D eigenvalue weighted by atomic mass is 10.1. The number of nitro groups is 1. The molecule has 0 aromatic heterocycles. The third-order valence-corrected chi connectivity index (χ3v) is 6.47. The summed E-state index contributed by atoms with van der Waals surface area (Å²) in [7, 11) is 1.51. The Morgan fingerprint density at radius 3 is 2.50 bits per heavy atom. The maximum Gasteiger partial charge on any atom is 0.270 e. The molecule has 10 heteroatoms. The molecule has 0 atom stereocenters. The van der Waals surface area contributed by atoms with E-state index in [0.29, 0.717) is 43.6 Å². The van der Waals surface area contributed by atoms with Crippen LogP contribution in [0, 0.1) is 10.1 Å². The van der Waals surface area contributed by atoms with Crippen LogP contribution in [0.5, 0.6) is 11.5 Å². The summed E-state index contributed by atoms with van der Waals surface area (Å²) in [5, 5.41) is 11.2. The van der Waals surface area contributed by atoms with E-state index in [1.165, 1.54) is 36.3 Å². The molecule has 7 nitrogen and oxygen atoms in total. The molecular formula is C24H17ClN2O5S2. The van der Waals surface area contributed by atoms with Crippen molar-refractivity contribution in [3.05, 3.63) is 97.9 Å². The summed E-state index contributed by atoms with van der Waals surface area (Å²) in [6, 6.07) is 18.7. The molecule has 1 amide bonds. The van der Waals surface area contributed by atoms with Crippen molar-refractivity contribution in [2.45, 2.75) is 6.61 Å². The van der Waals surface area contributed by atoms with E-state index in [1.54, 1.807) is 18.2 Å². The highest BCUT2D eigenvalue weighted by Gasteiger charge is 2.33. The van der Waals surface area contributed by atoms with E-state index in [-0.39, 0.29) is 11.6 Å². The number of thiocarbonyl (C=S) groups is 1. The van der Waals surface area contributed by atoms with E-state index in [9.17, 15) is 14.9 Å². The Hall–Kier alpha value is -3.40. The topological polar surface area (TPSA) is 81.9 Å². The van der Waals surface area contributed by atoms with Gasteiger partial charge in [0.25, 0.3) is 11.6 Å². The first kappa shape index (κ1) is 23.7. The molecule has 34 heavy (non-hydrogen) atoms. The van der Waals surface area contributed by atoms with E-state index in [1.807, 2.05) is 30.3 Å². The number of anilines is 1. The van der Waals surface area contributed by atoms with Crippen LogP contribution in [0.25, 0.3) is 6.08 Å². The predicted octanol–water partition coefficient (Wildman–Crippen LogP) is 6.24. The van der Waals surface area contributed by atoms with E-state index in [4.69, 9.17) is 33.3 Å². The molecule has 0 spiro atoms. The minimum Gasteiger partial charge on any atom is -0.493 e. The zero-order chi connectivity index (χ0) is 24.2. The maximum atomic E-state index is 13.0. The molecule has 1 aliphatic rings. The Kier molecular flexibility index (Phi) is 7.16. The fraction of sp³-hybridized carbons (Fsp3) is 0.0833. The first-order valence-electron chi connectivity index (χ1n) is 9.94. The molecule has 0 bridgehead atoms. The van der Waals surface area contributed by atoms with Crippen LogP contribution < -0.4 is 14.4 Å². The molecule has 1 fully saturated rings. The molecule has 4 rings (SSSR count). The molecule has 3 aromatic carbocycles. The van der Waals surface area contributed by atoms with Crippen molar-refractivity contribution in [2.75, 3.05) is 12.0 Å². The molecule has 0 unspecified atom stereocenters. The first-order valence-corrected chi connectivity index (χ1v) is 11.5. The van der Waals surface area contributed by atoms with Gasteiger partial charge in [0.15, 0.2) is 15.8 Å². The number of hydrogen-bond donors (Lipinski definition) is 0. The molecule has 0 saturated carbocycles. The van der Waals surface area contributed by atoms with E-state index in [2.05, 4.69) is 0 Å². The average molecular weight is 513 g/mol. The number of rotatable bonds is 7. The number of ether oxygens (including phenoxy) is 2. The van der Waals surface area contributed by atoms with Crippen LogP contribution in [0.4, 0.5) is 11.4 Å². The predicted molar refractivity (Wildman–Crippen MR) is 138 cm³/mol. The molecule has 1 aliphatic heterocycles. The number of carbonyl (C=O) groups excluding carboxylic acids is 1. The average Bonchev–Trinajstić information content (AvgIpc) is 3.11. The van der Waals surface area contributed by atoms with Gasteiger partial charge in [-0.3, -0.25) is 19.8 Å². The van der Waals surface area contributed by atoms with Crippen molar-refractivity contribution in [2.24, 2.45) is 0 Å². The van der Waals surface area contributed by atoms with Crippen LogP contribution >= 0.6 is 35.6 Å². The van der Waals surface area contributed by atoms with E-state index >= 15 is 0 Å². The van der Waals surface area contributed by atoms with E-state index < -0.39 is 4.92 Å². The van der Waals surface area contributed by atoms with Crippen molar-refractivity contribution in [3.8, 4) is 11.5 Å². The van der Waals surface area contributed by atoms with Crippen molar-refractivity contribution >= 4 is 63.3 Å². The molecule has 1 heterocycles. The molecular weight excluding hydrogens is 496 g/mol. The molecule has 0 N–H and O–H groups in total. The van der Waals surface area contributed by atoms with Crippen LogP contribution in [0.3, 0.4) is 0 Å². The van der Waals surface area contributed by atoms with Gasteiger partial charge in [-0.1, -0.05) is 65.9 Å². The number of nitrogens with zero attached hydrogens (tertiary/aromatic N) is 2. The largest absolute Gasteiger partial charge is 0.493 e. The van der Waals surface area contributed by atoms with Gasteiger partial charge in [0.1, 0.15) is 6.61 Å². The summed E-state index contributed by atoms with van der Waals surface area (Å²) in [5.41, 5.74) is 2.01. The van der Waals surface area contributed by atoms with Gasteiger partial charge in [-0.25, -0.2) is 0 Å². The SMILES string of the molecule is COc1cc(/C=C2/SC(=S)N(c3ccc([N+](=O)[O-])cc3)C2=O)cc(Cl)c1OCc1ccccc1. The second kappa shape index (κ2) is 10.3. The monoisotopic (exact) mass is 512 g/mol. The van der Waals surface area contributed by atoms with Gasteiger partial charge in [0, 0.05) is 12.1 Å². The normalized spacial score (nSPS) is 14.5. The van der Waals surface area contributed by atoms with Crippen LogP contribution in [0.1, 0.15) is 11.1 Å². The highest BCUT2D eigenvalue weighted by Crippen LogP contribution is 2.40. The Labute approximate surface area is 210 Å². The lowest BCUT2D eigenvalue weighted by Crippen LogP contribution is -2.27. The Morgan fingerprint density at radius 2 is 1.85 bits per heavy atom. The van der Waals surface area contributed by atoms with Gasteiger partial charge in [-0.05, 0) is 41.5 Å². The second-order valence-electron chi connectivity index (χ2n) is 7.10. The summed E-state index contributed by atoms with van der Waals surface area (Å²) < 4.78 is 11.7. The number of non-ortho nitro benzene ring substituents is 1. The van der Waals surface area contributed by atoms with Gasteiger partial charge in [0.05, 0.1) is 27.6 Å². The Morgan fingerprint density at radius 1 is 1.15 bits per heavy atom. The highest BCUT2D eigenvalue weighted by atomic mass is 35.5. The molecule has 0 radical (unpaired) electrons. The number of carbonyl (C=O) groups is 1. The summed E-state index contributed by atoms with van der Waals surface area (Å²) in [6.07, 6.45) is 1.67. The summed E-state index contributed by atoms with van der Waals surface area (Å²) in [6.45, 7) is 0.324. The summed E-state index contributed by atoms with van der Waals surface area (Å²) in [4.78, 5) is 25.1. The number of thioether (sulfide) groups is 1. The van der Waals surface area contributed by atoms with Gasteiger partial charge in [0.2, 0.25) is 0 Å². The Bertz CT molecular complexity index is 1300. The van der Waals surface area contributed by atoms with Crippen LogP contribution in [-0.4, -0.2) is 22.3 Å². The number of halogens is 1. The van der Waals surface area contributed by atoms with Crippen molar-refractivity contribution in [1.82, 2.24) is 0 Å². The third-order valence-electron chi connectivity index (χ3n) is 4.89. The van der Waals surface area contributed by atoms with Gasteiger partial charge in [-0.15, -0.1) is 0 Å². The number of nitro benzene ring substituents is 1. The quantitative estimate of drug-likeness (QED) is 0.160. The summed E-state index contributed by atoms with van der Waals surface area (Å²) >= 11 is 13.0. The van der Waals surface area contributed by atoms with E-state index in [0.717, 1.165) is 17.3 Å². The lowest BCUT2D eigenvalue weighted by Gasteiger charge is -2.14. The fourth-order valence-corrected chi connectivity index (χ4v) is 4.83. The number of benzene rings is 3. The zero-order valence-electron chi connectivity index (χ0n) is 17.8. The minimum absolute atomic E-state index is 0.0685. The molecule has 1 saturated heterocycles. The second-order valence-corrected chi connectivity index (χ2v) is 9.18. The molecule has 3 aromatic rings. The van der Waals surface area contributed by atoms with Crippen molar-refractivity contribution < 1.29 is 19.2 Å². The van der Waals surface area contributed by atoms with Crippen LogP contribution in [0.2, 0.25) is 5.02 Å². The maximum absolute atomic E-state index is 13.0. The summed E-state index contributed by atoms with van der Waals surface area (Å²) in [5.74, 6) is 0.507. The smallest absolute Gasteiger partial charge is 0.270 e. The van der Waals surface area contributed by atoms with Crippen molar-refractivity contribution in [1.29, 1.82) is 0 Å². The minimum atomic E-state index is -0.502. The van der Waals surface area contributed by atoms with Gasteiger partial charge >= 0.3 is 0 Å². The zero-order valence-corrected chi connectivity index (χ0v) is 20.2. The fourth-order valence-electron chi connectivity index (χ4n) is 3.26. The standard InChI is InChI=1S/C24H17ClN2O5S2/c1-31-20-12-16(11-19(25)22(20)32-14-15-5-3-2-4-6-15)13-21-23(28)26(24(33)34-21)17-7-9-18(10-8-17)27(29)30/h2-13H,14H2,1H3/b21-13+. The number of hydrogen-bond acceptors (Lipinski definition) is 7. The number of methoxy groups -OCH3 is 1. The van der Waals surface area contributed by atoms with Gasteiger partial charge in [-0.2, -0.15) is 0 Å². The lowest BCUT2D eigenvalue weighted by molar-refractivity contribution is -0.384.